The van der Waals surface area contributed by atoms with Crippen LogP contribution in [0.4, 0.5) is 0 Å². The van der Waals surface area contributed by atoms with Gasteiger partial charge in [0.15, 0.2) is 0 Å². The number of esters is 1. The van der Waals surface area contributed by atoms with Crippen molar-refractivity contribution in [2.24, 2.45) is 51.2 Å². The molecule has 1 aromatic rings. The Morgan fingerprint density at radius 2 is 1.72 bits per heavy atom. The van der Waals surface area contributed by atoms with Crippen LogP contribution in [-0.4, -0.2) is 24.6 Å². The molecule has 7 atom stereocenters. The Kier molecular flexibility index (Phi) is 9.00. The highest BCUT2D eigenvalue weighted by atomic mass is 16.5. The molecule has 43 heavy (non-hydrogen) atoms. The molecule has 0 bridgehead atoms. The van der Waals surface area contributed by atoms with Crippen LogP contribution in [0, 0.1) is 51.2 Å². The molecule has 0 saturated heterocycles. The first-order valence-electron chi connectivity index (χ1n) is 16.9. The molecule has 0 amide bonds. The standard InChI is InChI=1S/C39H54O4/c1-27-12-16-33-37(4,5)34(41)19-20-38(33,6)31(27)15-14-30-29(25-43-35(42)17-13-28-10-8-7-9-11-28)18-21-39(26-40)23-22-36(2,3)24-32(30)39/h7-11,13-14,17,26-27,29,31-33H,12,15-16,18-25H2,1-6H3/b17-13+,30-14+. The number of carbonyl (C=O) groups excluding carboxylic acids is 3. The van der Waals surface area contributed by atoms with E-state index in [1.54, 1.807) is 6.08 Å². The van der Waals surface area contributed by atoms with Gasteiger partial charge in [-0.3, -0.25) is 4.79 Å². The Bertz CT molecular complexity index is 1260. The molecule has 0 N–H and O–H groups in total. The normalized spacial score (nSPS) is 37.9. The molecule has 4 aliphatic carbocycles. The fourth-order valence-electron chi connectivity index (χ4n) is 9.97. The number of allylic oxidation sites excluding steroid dienone is 1. The van der Waals surface area contributed by atoms with Crippen molar-refractivity contribution in [2.45, 2.75) is 106 Å². The molecule has 234 valence electrons. The predicted molar refractivity (Wildman–Crippen MR) is 173 cm³/mol. The molecule has 4 aliphatic rings. The van der Waals surface area contributed by atoms with E-state index in [0.29, 0.717) is 36.6 Å². The molecule has 0 radical (unpaired) electrons. The highest BCUT2D eigenvalue weighted by molar-refractivity contribution is 5.87. The van der Waals surface area contributed by atoms with Gasteiger partial charge in [-0.05, 0) is 97.5 Å². The number of ketones is 1. The van der Waals surface area contributed by atoms with Gasteiger partial charge in [-0.15, -0.1) is 0 Å². The smallest absolute Gasteiger partial charge is 0.330 e. The number of hydrogen-bond acceptors (Lipinski definition) is 4. The van der Waals surface area contributed by atoms with Gasteiger partial charge in [0.2, 0.25) is 0 Å². The summed E-state index contributed by atoms with van der Waals surface area (Å²) in [5.41, 5.74) is 2.05. The molecule has 0 spiro atoms. The Balaban J connectivity index is 1.42. The molecular weight excluding hydrogens is 532 g/mol. The van der Waals surface area contributed by atoms with E-state index in [-0.39, 0.29) is 39.5 Å². The summed E-state index contributed by atoms with van der Waals surface area (Å²) in [4.78, 5) is 38.6. The van der Waals surface area contributed by atoms with E-state index in [4.69, 9.17) is 4.74 Å². The zero-order chi connectivity index (χ0) is 31.0. The van der Waals surface area contributed by atoms with E-state index >= 15 is 0 Å². The van der Waals surface area contributed by atoms with Gasteiger partial charge < -0.3 is 9.53 Å². The summed E-state index contributed by atoms with van der Waals surface area (Å²) in [5, 5.41) is 0. The molecule has 0 aliphatic heterocycles. The van der Waals surface area contributed by atoms with E-state index in [9.17, 15) is 14.4 Å². The lowest BCUT2D eigenvalue weighted by Gasteiger charge is -2.58. The third kappa shape index (κ3) is 6.22. The van der Waals surface area contributed by atoms with Gasteiger partial charge in [0.05, 0.1) is 6.61 Å². The van der Waals surface area contributed by atoms with Gasteiger partial charge in [0, 0.05) is 29.2 Å². The van der Waals surface area contributed by atoms with Crippen LogP contribution in [0.5, 0.6) is 0 Å². The topological polar surface area (TPSA) is 60.4 Å². The SMILES string of the molecule is CC1CCC2C(C)(C)C(=O)CCC2(C)C1C/C=C1\C(COC(=O)/C=C/c2ccccc2)CCC2(C=O)CCC(C)(C)CC12. The number of aldehydes is 1. The molecule has 5 rings (SSSR count). The Labute approximate surface area is 260 Å². The van der Waals surface area contributed by atoms with Crippen molar-refractivity contribution >= 4 is 24.1 Å². The van der Waals surface area contributed by atoms with Gasteiger partial charge in [-0.25, -0.2) is 4.79 Å². The van der Waals surface area contributed by atoms with E-state index in [1.165, 1.54) is 17.9 Å². The van der Waals surface area contributed by atoms with E-state index < -0.39 is 0 Å². The fraction of sp³-hybridized carbons (Fsp3) is 0.667. The fourth-order valence-corrected chi connectivity index (χ4v) is 9.97. The van der Waals surface area contributed by atoms with Gasteiger partial charge in [-0.2, -0.15) is 0 Å². The minimum absolute atomic E-state index is 0.124. The summed E-state index contributed by atoms with van der Waals surface area (Å²) in [6, 6.07) is 9.81. The second-order valence-corrected chi connectivity index (χ2v) is 16.2. The van der Waals surface area contributed by atoms with E-state index in [0.717, 1.165) is 63.4 Å². The molecule has 4 nitrogen and oxygen atoms in total. The Morgan fingerprint density at radius 1 is 0.977 bits per heavy atom. The second-order valence-electron chi connectivity index (χ2n) is 16.2. The zero-order valence-electron chi connectivity index (χ0n) is 27.5. The van der Waals surface area contributed by atoms with Crippen molar-refractivity contribution in [3.8, 4) is 0 Å². The Hall–Kier alpha value is -2.49. The third-order valence-electron chi connectivity index (χ3n) is 12.8. The van der Waals surface area contributed by atoms with Crippen LogP contribution in [0.15, 0.2) is 48.1 Å². The number of benzene rings is 1. The van der Waals surface area contributed by atoms with E-state index in [1.807, 2.05) is 30.3 Å². The number of ether oxygens (including phenoxy) is 1. The maximum atomic E-state index is 13.0. The second kappa shape index (κ2) is 12.1. The molecular formula is C39H54O4. The maximum Gasteiger partial charge on any atom is 0.330 e. The zero-order valence-corrected chi connectivity index (χ0v) is 27.5. The summed E-state index contributed by atoms with van der Waals surface area (Å²) in [6.45, 7) is 14.3. The van der Waals surface area contributed by atoms with Gasteiger partial charge in [0.1, 0.15) is 12.1 Å². The molecule has 0 heterocycles. The van der Waals surface area contributed by atoms with Gasteiger partial charge >= 0.3 is 5.97 Å². The van der Waals surface area contributed by atoms with Crippen molar-refractivity contribution in [2.75, 3.05) is 6.61 Å². The lowest BCUT2D eigenvalue weighted by molar-refractivity contribution is -0.150. The molecule has 4 heteroatoms. The monoisotopic (exact) mass is 586 g/mol. The first-order valence-corrected chi connectivity index (χ1v) is 16.9. The lowest BCUT2D eigenvalue weighted by atomic mass is 9.45. The summed E-state index contributed by atoms with van der Waals surface area (Å²) >= 11 is 0. The number of Topliss-reactive ketones (excluding diaryl/α,β-unsaturated/α-hetero) is 1. The van der Waals surface area contributed by atoms with Crippen molar-refractivity contribution in [1.29, 1.82) is 0 Å². The first-order chi connectivity index (χ1) is 20.3. The van der Waals surface area contributed by atoms with Crippen LogP contribution in [-0.2, 0) is 19.1 Å². The predicted octanol–water partition coefficient (Wildman–Crippen LogP) is 9.04. The minimum Gasteiger partial charge on any atom is -0.462 e. The van der Waals surface area contributed by atoms with Crippen LogP contribution in [0.1, 0.15) is 111 Å². The van der Waals surface area contributed by atoms with Crippen LogP contribution in [0.25, 0.3) is 6.08 Å². The minimum atomic E-state index is -0.315. The quantitative estimate of drug-likeness (QED) is 0.138. The van der Waals surface area contributed by atoms with Crippen molar-refractivity contribution in [3.63, 3.8) is 0 Å². The molecule has 0 aromatic heterocycles. The Morgan fingerprint density at radius 3 is 2.44 bits per heavy atom. The molecule has 4 saturated carbocycles. The summed E-state index contributed by atoms with van der Waals surface area (Å²) in [5.74, 6) is 1.92. The number of carbonyl (C=O) groups is 3. The van der Waals surface area contributed by atoms with Crippen LogP contribution in [0.2, 0.25) is 0 Å². The first kappa shape index (κ1) is 31.9. The third-order valence-corrected chi connectivity index (χ3v) is 12.8. The van der Waals surface area contributed by atoms with Crippen molar-refractivity contribution in [3.05, 3.63) is 53.6 Å². The number of fused-ring (bicyclic) bond motifs is 2. The van der Waals surface area contributed by atoms with Gasteiger partial charge in [0.25, 0.3) is 0 Å². The van der Waals surface area contributed by atoms with Gasteiger partial charge in [-0.1, -0.05) is 89.9 Å². The summed E-state index contributed by atoms with van der Waals surface area (Å²) < 4.78 is 5.90. The molecule has 4 fully saturated rings. The average molecular weight is 587 g/mol. The van der Waals surface area contributed by atoms with Crippen LogP contribution < -0.4 is 0 Å². The number of hydrogen-bond donors (Lipinski definition) is 0. The maximum absolute atomic E-state index is 13.0. The highest BCUT2D eigenvalue weighted by Crippen LogP contribution is 2.62. The van der Waals surface area contributed by atoms with E-state index in [2.05, 4.69) is 47.6 Å². The summed E-state index contributed by atoms with van der Waals surface area (Å²) in [7, 11) is 0. The lowest BCUT2D eigenvalue weighted by Crippen LogP contribution is -2.54. The molecule has 1 aromatic carbocycles. The highest BCUT2D eigenvalue weighted by Gasteiger charge is 2.57. The van der Waals surface area contributed by atoms with Crippen LogP contribution >= 0.6 is 0 Å². The van der Waals surface area contributed by atoms with Crippen LogP contribution in [0.3, 0.4) is 0 Å². The molecule has 7 unspecified atom stereocenters. The largest absolute Gasteiger partial charge is 0.462 e. The number of rotatable bonds is 7. The summed E-state index contributed by atoms with van der Waals surface area (Å²) in [6.07, 6.45) is 16.8. The van der Waals surface area contributed by atoms with Crippen molar-refractivity contribution < 1.29 is 19.1 Å². The average Bonchev–Trinajstić information content (AvgIpc) is 2.97. The van der Waals surface area contributed by atoms with Crippen molar-refractivity contribution in [1.82, 2.24) is 0 Å².